The maximum atomic E-state index is 4.85. The van der Waals surface area contributed by atoms with E-state index >= 15 is 0 Å². The lowest BCUT2D eigenvalue weighted by Gasteiger charge is -2.11. The van der Waals surface area contributed by atoms with E-state index in [1.807, 2.05) is 42.5 Å². The summed E-state index contributed by atoms with van der Waals surface area (Å²) in [5.74, 6) is 0.941. The Balaban J connectivity index is 2.07. The van der Waals surface area contributed by atoms with Gasteiger partial charge in [-0.15, -0.1) is 0 Å². The molecule has 1 aromatic heterocycles. The lowest BCUT2D eigenvalue weighted by atomic mass is 10.2. The first-order valence-corrected chi connectivity index (χ1v) is 8.80. The van der Waals surface area contributed by atoms with E-state index < -0.39 is 0 Å². The molecule has 0 radical (unpaired) electrons. The van der Waals surface area contributed by atoms with Gasteiger partial charge in [0.1, 0.15) is 5.82 Å². The summed E-state index contributed by atoms with van der Waals surface area (Å²) in [6, 6.07) is 24.7. The van der Waals surface area contributed by atoms with Crippen molar-refractivity contribution in [2.24, 2.45) is 0 Å². The van der Waals surface area contributed by atoms with Crippen molar-refractivity contribution in [3.63, 3.8) is 0 Å². The zero-order valence-electron chi connectivity index (χ0n) is 12.1. The molecule has 0 fully saturated rings. The van der Waals surface area contributed by atoms with E-state index in [-0.39, 0.29) is 0 Å². The molecular weight excluding hydrogens is 416 g/mol. The molecule has 3 aromatic carbocycles. The minimum absolute atomic E-state index is 0.941. The summed E-state index contributed by atoms with van der Waals surface area (Å²) < 4.78 is 4.25. The fourth-order valence-electron chi connectivity index (χ4n) is 2.74. The van der Waals surface area contributed by atoms with E-state index in [1.165, 1.54) is 0 Å². The van der Waals surface area contributed by atoms with Crippen molar-refractivity contribution in [2.45, 2.75) is 0 Å². The van der Waals surface area contributed by atoms with Crippen molar-refractivity contribution < 1.29 is 0 Å². The molecule has 0 aliphatic heterocycles. The van der Waals surface area contributed by atoms with Crippen molar-refractivity contribution in [1.29, 1.82) is 0 Å². The predicted molar refractivity (Wildman–Crippen MR) is 102 cm³/mol. The molecule has 0 saturated heterocycles. The average molecular weight is 428 g/mol. The van der Waals surface area contributed by atoms with Crippen LogP contribution in [0.5, 0.6) is 0 Å². The summed E-state index contributed by atoms with van der Waals surface area (Å²) in [6.45, 7) is 0. The minimum Gasteiger partial charge on any atom is -0.292 e. The molecule has 0 N–H and O–H groups in total. The topological polar surface area (TPSA) is 17.8 Å². The van der Waals surface area contributed by atoms with Crippen molar-refractivity contribution in [1.82, 2.24) is 9.55 Å². The third kappa shape index (κ3) is 2.73. The smallest absolute Gasteiger partial charge is 0.145 e. The second kappa shape index (κ2) is 5.95. The third-order valence-electron chi connectivity index (χ3n) is 3.70. The molecule has 4 aromatic rings. The molecule has 0 bridgehead atoms. The Morgan fingerprint density at radius 3 is 2.13 bits per heavy atom. The van der Waals surface area contributed by atoms with Gasteiger partial charge in [-0.2, -0.15) is 0 Å². The number of hydrogen-bond acceptors (Lipinski definition) is 1. The second-order valence-corrected chi connectivity index (χ2v) is 7.08. The number of aromatic nitrogens is 2. The third-order valence-corrected chi connectivity index (χ3v) is 4.61. The Labute approximate surface area is 151 Å². The van der Waals surface area contributed by atoms with Crippen LogP contribution in [0.15, 0.2) is 81.7 Å². The largest absolute Gasteiger partial charge is 0.292 e. The van der Waals surface area contributed by atoms with Gasteiger partial charge in [0.2, 0.25) is 0 Å². The van der Waals surface area contributed by atoms with Gasteiger partial charge in [0.05, 0.1) is 11.0 Å². The first-order chi connectivity index (χ1) is 11.2. The molecule has 0 spiro atoms. The summed E-state index contributed by atoms with van der Waals surface area (Å²) >= 11 is 7.16. The summed E-state index contributed by atoms with van der Waals surface area (Å²) in [6.07, 6.45) is 0. The van der Waals surface area contributed by atoms with Crippen LogP contribution in [0.1, 0.15) is 0 Å². The quantitative estimate of drug-likeness (QED) is 0.371. The van der Waals surface area contributed by atoms with Crippen LogP contribution in [0.25, 0.3) is 28.1 Å². The molecule has 0 unspecified atom stereocenters. The van der Waals surface area contributed by atoms with Crippen molar-refractivity contribution in [2.75, 3.05) is 0 Å². The van der Waals surface area contributed by atoms with Crippen LogP contribution in [0.4, 0.5) is 0 Å². The normalized spacial score (nSPS) is 11.0. The van der Waals surface area contributed by atoms with Crippen LogP contribution in [0.3, 0.4) is 0 Å². The maximum Gasteiger partial charge on any atom is 0.145 e. The van der Waals surface area contributed by atoms with Gasteiger partial charge in [-0.1, -0.05) is 74.3 Å². The van der Waals surface area contributed by atoms with Gasteiger partial charge in [0.25, 0.3) is 0 Å². The first kappa shape index (κ1) is 14.7. The summed E-state index contributed by atoms with van der Waals surface area (Å²) in [7, 11) is 0. The van der Waals surface area contributed by atoms with Gasteiger partial charge in [-0.05, 0) is 30.3 Å². The highest BCUT2D eigenvalue weighted by Gasteiger charge is 2.14. The Morgan fingerprint density at radius 1 is 0.739 bits per heavy atom. The monoisotopic (exact) mass is 426 g/mol. The fraction of sp³-hybridized carbons (Fsp3) is 0. The molecule has 112 valence electrons. The van der Waals surface area contributed by atoms with Crippen LogP contribution in [-0.4, -0.2) is 9.55 Å². The van der Waals surface area contributed by atoms with Gasteiger partial charge < -0.3 is 0 Å². The van der Waals surface area contributed by atoms with E-state index in [9.17, 15) is 0 Å². The number of imidazole rings is 1. The molecule has 0 saturated carbocycles. The zero-order valence-corrected chi connectivity index (χ0v) is 15.3. The molecule has 0 amide bonds. The van der Waals surface area contributed by atoms with Crippen LogP contribution < -0.4 is 0 Å². The van der Waals surface area contributed by atoms with Gasteiger partial charge in [0.15, 0.2) is 0 Å². The van der Waals surface area contributed by atoms with E-state index in [2.05, 4.69) is 66.8 Å². The summed E-state index contributed by atoms with van der Waals surface area (Å²) in [5.41, 5.74) is 4.25. The molecule has 1 heterocycles. The molecule has 4 rings (SSSR count). The van der Waals surface area contributed by atoms with Gasteiger partial charge in [-0.25, -0.2) is 4.98 Å². The average Bonchev–Trinajstić information content (AvgIpc) is 2.94. The first-order valence-electron chi connectivity index (χ1n) is 7.22. The Bertz CT molecular complexity index is 971. The Morgan fingerprint density at radius 2 is 1.39 bits per heavy atom. The lowest BCUT2D eigenvalue weighted by Crippen LogP contribution is -1.97. The number of halogens is 2. The van der Waals surface area contributed by atoms with E-state index in [1.54, 1.807) is 0 Å². The van der Waals surface area contributed by atoms with E-state index in [0.29, 0.717) is 0 Å². The maximum absolute atomic E-state index is 4.85. The standard InChI is InChI=1S/C19H12Br2N2/c20-14-10-15(21)12-16(11-14)23-18-9-5-4-8-17(18)22-19(23)13-6-2-1-3-7-13/h1-12H. The van der Waals surface area contributed by atoms with Crippen molar-refractivity contribution in [3.05, 3.63) is 81.7 Å². The predicted octanol–water partition coefficient (Wildman–Crippen LogP) is 6.22. The molecule has 0 aliphatic carbocycles. The van der Waals surface area contributed by atoms with Gasteiger partial charge in [-0.3, -0.25) is 4.57 Å². The second-order valence-electron chi connectivity index (χ2n) is 5.25. The fourth-order valence-corrected chi connectivity index (χ4v) is 4.01. The van der Waals surface area contributed by atoms with Crippen molar-refractivity contribution in [3.8, 4) is 17.1 Å². The summed E-state index contributed by atoms with van der Waals surface area (Å²) in [5, 5.41) is 0. The molecule has 4 heteroatoms. The van der Waals surface area contributed by atoms with E-state index in [0.717, 1.165) is 37.1 Å². The SMILES string of the molecule is Brc1cc(Br)cc(-n2c(-c3ccccc3)nc3ccccc32)c1. The van der Waals surface area contributed by atoms with Crippen LogP contribution in [0, 0.1) is 0 Å². The van der Waals surface area contributed by atoms with Crippen LogP contribution in [0.2, 0.25) is 0 Å². The highest BCUT2D eigenvalue weighted by atomic mass is 79.9. The highest BCUT2D eigenvalue weighted by molar-refractivity contribution is 9.11. The number of fused-ring (bicyclic) bond motifs is 1. The lowest BCUT2D eigenvalue weighted by molar-refractivity contribution is 1.10. The van der Waals surface area contributed by atoms with Crippen molar-refractivity contribution >= 4 is 42.9 Å². The van der Waals surface area contributed by atoms with Gasteiger partial charge in [0, 0.05) is 20.2 Å². The van der Waals surface area contributed by atoms with Gasteiger partial charge >= 0.3 is 0 Å². The molecule has 0 aliphatic rings. The van der Waals surface area contributed by atoms with Crippen LogP contribution >= 0.6 is 31.9 Å². The number of rotatable bonds is 2. The Kier molecular flexibility index (Phi) is 3.79. The number of para-hydroxylation sites is 2. The molecule has 23 heavy (non-hydrogen) atoms. The minimum atomic E-state index is 0.941. The number of nitrogens with zero attached hydrogens (tertiary/aromatic N) is 2. The zero-order chi connectivity index (χ0) is 15.8. The van der Waals surface area contributed by atoms with Crippen LogP contribution in [-0.2, 0) is 0 Å². The molecule has 2 nitrogen and oxygen atoms in total. The van der Waals surface area contributed by atoms with E-state index in [4.69, 9.17) is 4.98 Å². The number of hydrogen-bond donors (Lipinski definition) is 0. The Hall–Kier alpha value is -1.91. The molecule has 0 atom stereocenters. The highest BCUT2D eigenvalue weighted by Crippen LogP contribution is 2.31. The molecular formula is C19H12Br2N2. The summed E-state index contributed by atoms with van der Waals surface area (Å²) in [4.78, 5) is 4.85. The number of benzene rings is 3.